The van der Waals surface area contributed by atoms with E-state index in [-0.39, 0.29) is 18.4 Å². The molecule has 0 aromatic heterocycles. The third kappa shape index (κ3) is 3.72. The van der Waals surface area contributed by atoms with Gasteiger partial charge in [0.1, 0.15) is 6.04 Å². The molecule has 4 aliphatic heterocycles. The van der Waals surface area contributed by atoms with Gasteiger partial charge in [0, 0.05) is 22.0 Å². The highest BCUT2D eigenvalue weighted by Crippen LogP contribution is 2.65. The van der Waals surface area contributed by atoms with Crippen molar-refractivity contribution in [1.29, 1.82) is 0 Å². The molecule has 35 heavy (non-hydrogen) atoms. The van der Waals surface area contributed by atoms with E-state index in [2.05, 4.69) is 6.08 Å². The maximum atomic E-state index is 14.2. The number of nitrogens with zero attached hydrogens (tertiary/aromatic N) is 2. The van der Waals surface area contributed by atoms with Crippen LogP contribution in [0, 0.1) is 11.8 Å². The summed E-state index contributed by atoms with van der Waals surface area (Å²) in [5, 5.41) is 10.6. The molecule has 2 saturated heterocycles. The molecular weight excluding hydrogens is 488 g/mol. The summed E-state index contributed by atoms with van der Waals surface area (Å²) >= 11 is 7.57. The van der Waals surface area contributed by atoms with Gasteiger partial charge in [0.15, 0.2) is 0 Å². The summed E-state index contributed by atoms with van der Waals surface area (Å²) in [5.41, 5.74) is 0.671. The van der Waals surface area contributed by atoms with Crippen molar-refractivity contribution in [2.24, 2.45) is 11.8 Å². The van der Waals surface area contributed by atoms with E-state index in [9.17, 15) is 19.5 Å². The summed E-state index contributed by atoms with van der Waals surface area (Å²) in [6, 6.07) is 5.54. The Balaban J connectivity index is 1.66. The number of rotatable bonds is 3. The van der Waals surface area contributed by atoms with Gasteiger partial charge in [0.2, 0.25) is 5.91 Å². The molecular formula is C26H29ClN2O5S. The van der Waals surface area contributed by atoms with Gasteiger partial charge in [-0.3, -0.25) is 14.4 Å². The predicted octanol–water partition coefficient (Wildman–Crippen LogP) is 3.20. The van der Waals surface area contributed by atoms with E-state index < -0.39 is 39.4 Å². The first-order valence-corrected chi connectivity index (χ1v) is 13.1. The molecule has 2 fully saturated rings. The van der Waals surface area contributed by atoms with Crippen LogP contribution in [0.15, 0.2) is 48.6 Å². The monoisotopic (exact) mass is 516 g/mol. The van der Waals surface area contributed by atoms with Crippen LogP contribution in [0.3, 0.4) is 0 Å². The molecule has 2 amide bonds. The Bertz CT molecular complexity index is 1110. The van der Waals surface area contributed by atoms with Crippen molar-refractivity contribution in [1.82, 2.24) is 4.90 Å². The molecule has 1 aromatic rings. The minimum Gasteiger partial charge on any atom is -0.465 e. The first kappa shape index (κ1) is 24.4. The van der Waals surface area contributed by atoms with Crippen LogP contribution in [-0.2, 0) is 19.1 Å². The number of carbonyl (C=O) groups is 3. The Morgan fingerprint density at radius 1 is 1.14 bits per heavy atom. The summed E-state index contributed by atoms with van der Waals surface area (Å²) in [6.45, 7) is 4.02. The van der Waals surface area contributed by atoms with E-state index in [1.807, 2.05) is 25.2 Å². The van der Waals surface area contributed by atoms with Gasteiger partial charge in [-0.2, -0.15) is 0 Å². The quantitative estimate of drug-likeness (QED) is 0.490. The van der Waals surface area contributed by atoms with Crippen LogP contribution in [0.5, 0.6) is 0 Å². The lowest BCUT2D eigenvalue weighted by atomic mass is 9.74. The Labute approximate surface area is 214 Å². The molecule has 6 atom stereocenters. The molecule has 7 nitrogen and oxygen atoms in total. The molecule has 4 aliphatic rings. The number of halogens is 1. The average molecular weight is 517 g/mol. The first-order valence-electron chi connectivity index (χ1n) is 12.0. The van der Waals surface area contributed by atoms with Gasteiger partial charge in [0.25, 0.3) is 5.91 Å². The van der Waals surface area contributed by atoms with Crippen molar-refractivity contribution in [2.45, 2.75) is 48.3 Å². The number of ether oxygens (including phenoxy) is 1. The fourth-order valence-corrected chi connectivity index (χ4v) is 8.25. The molecule has 186 valence electrons. The number of hydrogen-bond donors (Lipinski definition) is 1. The summed E-state index contributed by atoms with van der Waals surface area (Å²) in [7, 11) is 0. The fraction of sp³-hybridized carbons (Fsp3) is 0.500. The lowest BCUT2D eigenvalue weighted by molar-refractivity contribution is -0.154. The number of amides is 2. The van der Waals surface area contributed by atoms with Gasteiger partial charge >= 0.3 is 5.97 Å². The van der Waals surface area contributed by atoms with Crippen molar-refractivity contribution in [3.05, 3.63) is 53.6 Å². The number of allylic oxidation sites excluding steroid dienone is 1. The normalized spacial score (nSPS) is 36.3. The molecule has 0 radical (unpaired) electrons. The third-order valence-electron chi connectivity index (χ3n) is 7.57. The van der Waals surface area contributed by atoms with Crippen molar-refractivity contribution in [3.63, 3.8) is 0 Å². The zero-order chi connectivity index (χ0) is 25.0. The number of anilines is 1. The zero-order valence-electron chi connectivity index (χ0n) is 19.7. The van der Waals surface area contributed by atoms with E-state index >= 15 is 0 Å². The van der Waals surface area contributed by atoms with Crippen LogP contribution in [-0.4, -0.2) is 69.1 Å². The van der Waals surface area contributed by atoms with Crippen LogP contribution >= 0.6 is 23.4 Å². The second-order valence-electron chi connectivity index (χ2n) is 9.81. The lowest BCUT2D eigenvalue weighted by Crippen LogP contribution is -2.56. The van der Waals surface area contributed by atoms with Gasteiger partial charge < -0.3 is 19.6 Å². The molecule has 1 aromatic carbocycles. The number of carbonyl (C=O) groups excluding carboxylic acids is 3. The Hall–Kier alpha value is -2.29. The van der Waals surface area contributed by atoms with E-state index in [4.69, 9.17) is 16.3 Å². The van der Waals surface area contributed by atoms with Crippen LogP contribution in [0.4, 0.5) is 5.69 Å². The van der Waals surface area contributed by atoms with Crippen molar-refractivity contribution >= 4 is 46.8 Å². The average Bonchev–Trinajstić information content (AvgIpc) is 3.19. The zero-order valence-corrected chi connectivity index (χ0v) is 21.3. The summed E-state index contributed by atoms with van der Waals surface area (Å²) in [6.07, 6.45) is 9.44. The Morgan fingerprint density at radius 3 is 2.60 bits per heavy atom. The number of thioether (sulfide) groups is 1. The Kier molecular flexibility index (Phi) is 6.26. The number of aliphatic hydroxyl groups is 1. The minimum atomic E-state index is -0.971. The van der Waals surface area contributed by atoms with E-state index in [0.717, 1.165) is 12.8 Å². The molecule has 5 rings (SSSR count). The summed E-state index contributed by atoms with van der Waals surface area (Å²) in [4.78, 5) is 44.8. The minimum absolute atomic E-state index is 0.242. The maximum Gasteiger partial charge on any atom is 0.311 e. The summed E-state index contributed by atoms with van der Waals surface area (Å²) in [5.74, 6) is -2.46. The highest BCUT2D eigenvalue weighted by atomic mass is 35.5. The first-order chi connectivity index (χ1) is 16.7. The summed E-state index contributed by atoms with van der Waals surface area (Å²) < 4.78 is 3.93. The number of likely N-dealkylation sites (tertiary alicyclic amines) is 1. The molecule has 0 saturated carbocycles. The van der Waals surface area contributed by atoms with Crippen LogP contribution in [0.1, 0.15) is 26.7 Å². The largest absolute Gasteiger partial charge is 0.465 e. The number of fused-ring (bicyclic) bond motifs is 2. The molecule has 4 heterocycles. The van der Waals surface area contributed by atoms with E-state index in [1.54, 1.807) is 36.1 Å². The van der Waals surface area contributed by atoms with E-state index in [1.165, 1.54) is 16.7 Å². The highest BCUT2D eigenvalue weighted by molar-refractivity contribution is 8.02. The number of aliphatic hydroxyl groups excluding tert-OH is 1. The molecule has 1 unspecified atom stereocenters. The topological polar surface area (TPSA) is 87.2 Å². The van der Waals surface area contributed by atoms with Crippen LogP contribution in [0.25, 0.3) is 0 Å². The third-order valence-corrected chi connectivity index (χ3v) is 9.61. The standard InChI is InChI=1S/C26H29ClN2O5S/c1-16(15-30)29-21-23(32)28(18-9-7-17(27)8-10-18)13-6-12-26(21)19(22(29)31)20-24(33)34-14-5-3-4-11-25(20,2)35-26/h4,6-12,16,19-21,30H,3,5,13-15H2,1-2H3/b11-4-/t16-,19+,20-,21?,25+,26+/m1/s1. The van der Waals surface area contributed by atoms with Gasteiger partial charge in [-0.15, -0.1) is 11.8 Å². The Morgan fingerprint density at radius 2 is 1.89 bits per heavy atom. The van der Waals surface area contributed by atoms with Crippen LogP contribution < -0.4 is 4.90 Å². The molecule has 1 N–H and O–H groups in total. The SMILES string of the molecule is C[C@H](CO)N1C(=O)[C@@H]2[C@@H]3C(=O)OCCC/C=C\[C@]3(C)S[C@@]23C=CCN(c2ccc(Cl)cc2)C(=O)C13. The number of esters is 1. The highest BCUT2D eigenvalue weighted by Gasteiger charge is 2.74. The number of cyclic esters (lactones) is 1. The molecule has 9 heteroatoms. The number of benzene rings is 1. The second kappa shape index (κ2) is 8.98. The van der Waals surface area contributed by atoms with Crippen molar-refractivity contribution < 1.29 is 24.2 Å². The lowest BCUT2D eigenvalue weighted by Gasteiger charge is -2.38. The second-order valence-corrected chi connectivity index (χ2v) is 12.0. The fourth-order valence-electron chi connectivity index (χ4n) is 5.99. The molecule has 0 aliphatic carbocycles. The van der Waals surface area contributed by atoms with Gasteiger partial charge in [-0.05, 0) is 51.0 Å². The van der Waals surface area contributed by atoms with Crippen molar-refractivity contribution in [2.75, 3.05) is 24.7 Å². The molecule has 1 spiro atoms. The molecule has 0 bridgehead atoms. The van der Waals surface area contributed by atoms with Gasteiger partial charge in [0.05, 0.1) is 35.8 Å². The van der Waals surface area contributed by atoms with Gasteiger partial charge in [-0.25, -0.2) is 0 Å². The smallest absolute Gasteiger partial charge is 0.311 e. The van der Waals surface area contributed by atoms with Gasteiger partial charge in [-0.1, -0.05) is 35.9 Å². The number of hydrogen-bond acceptors (Lipinski definition) is 6. The van der Waals surface area contributed by atoms with Crippen molar-refractivity contribution in [3.8, 4) is 0 Å². The van der Waals surface area contributed by atoms with Crippen LogP contribution in [0.2, 0.25) is 5.02 Å². The predicted molar refractivity (Wildman–Crippen MR) is 135 cm³/mol. The van der Waals surface area contributed by atoms with E-state index in [0.29, 0.717) is 23.9 Å². The maximum absolute atomic E-state index is 14.2.